The molecule has 0 bridgehead atoms. The van der Waals surface area contributed by atoms with Gasteiger partial charge in [0.05, 0.1) is 25.4 Å². The van der Waals surface area contributed by atoms with Crippen LogP contribution in [0.1, 0.15) is 25.7 Å². The lowest BCUT2D eigenvalue weighted by atomic mass is 9.82. The molecule has 0 atom stereocenters. The van der Waals surface area contributed by atoms with Gasteiger partial charge in [0.1, 0.15) is 6.54 Å². The maximum Gasteiger partial charge on any atom is 0.323 e. The number of ether oxygens (including phenoxy) is 2. The molecule has 8 nitrogen and oxygen atoms in total. The van der Waals surface area contributed by atoms with Gasteiger partial charge >= 0.3 is 5.97 Å². The number of aliphatic carboxylic acids is 1. The molecular weight excluding hydrogens is 302 g/mol. The molecule has 1 aliphatic carbocycles. The molecule has 2 N–H and O–H groups in total. The zero-order valence-electron chi connectivity index (χ0n) is 12.9. The number of carboxylic acid groups (broad SMARTS) is 1. The largest absolute Gasteiger partial charge is 0.480 e. The van der Waals surface area contributed by atoms with E-state index in [0.717, 1.165) is 30.3 Å². The van der Waals surface area contributed by atoms with E-state index in [0.29, 0.717) is 19.8 Å². The summed E-state index contributed by atoms with van der Waals surface area (Å²) in [6, 6.07) is 0.132. The first-order chi connectivity index (χ1) is 11.1. The van der Waals surface area contributed by atoms with E-state index >= 15 is 0 Å². The number of rotatable bonds is 4. The second-order valence-electron chi connectivity index (χ2n) is 6.11. The molecule has 1 aliphatic heterocycles. The molecule has 2 fully saturated rings. The molecule has 2 aliphatic rings. The molecule has 0 aromatic carbocycles. The van der Waals surface area contributed by atoms with Gasteiger partial charge in [0.15, 0.2) is 5.82 Å². The minimum atomic E-state index is -1.06. The summed E-state index contributed by atoms with van der Waals surface area (Å²) in [6.45, 7) is 1.56. The number of hydrogen-bond acceptors (Lipinski definition) is 6. The monoisotopic (exact) mass is 323 g/mol. The number of aromatic nitrogens is 2. The summed E-state index contributed by atoms with van der Waals surface area (Å²) in [7, 11) is 0. The van der Waals surface area contributed by atoms with Crippen LogP contribution in [0.4, 0.5) is 5.82 Å². The summed E-state index contributed by atoms with van der Waals surface area (Å²) < 4.78 is 12.6. The summed E-state index contributed by atoms with van der Waals surface area (Å²) in [6.07, 6.45) is 6.29. The lowest BCUT2D eigenvalue weighted by Crippen LogP contribution is -2.48. The highest BCUT2D eigenvalue weighted by Gasteiger charge is 2.38. The Bertz CT molecular complexity index is 614. The van der Waals surface area contributed by atoms with Gasteiger partial charge in [-0.25, -0.2) is 4.98 Å². The van der Waals surface area contributed by atoms with Crippen molar-refractivity contribution in [2.24, 2.45) is 0 Å². The lowest BCUT2D eigenvalue weighted by molar-refractivity contribution is -0.171. The van der Waals surface area contributed by atoms with Crippen LogP contribution in [0.25, 0.3) is 0 Å². The summed E-state index contributed by atoms with van der Waals surface area (Å²) in [5, 5.41) is 12.0. The summed E-state index contributed by atoms with van der Waals surface area (Å²) in [5.74, 6) is -0.853. The van der Waals surface area contributed by atoms with Gasteiger partial charge < -0.3 is 19.9 Å². The molecule has 126 valence electrons. The van der Waals surface area contributed by atoms with Crippen LogP contribution in [0.2, 0.25) is 0 Å². The van der Waals surface area contributed by atoms with Crippen LogP contribution < -0.4 is 10.9 Å². The fraction of sp³-hybridized carbons (Fsp3) is 0.667. The number of nitrogens with one attached hydrogen (secondary N) is 1. The third-order valence-electron chi connectivity index (χ3n) is 4.46. The van der Waals surface area contributed by atoms with Crippen molar-refractivity contribution in [3.05, 3.63) is 22.7 Å². The molecule has 3 rings (SSSR count). The van der Waals surface area contributed by atoms with Crippen molar-refractivity contribution in [3.8, 4) is 0 Å². The van der Waals surface area contributed by atoms with Crippen molar-refractivity contribution >= 4 is 11.8 Å². The fourth-order valence-electron chi connectivity index (χ4n) is 3.20. The van der Waals surface area contributed by atoms with E-state index < -0.39 is 11.5 Å². The van der Waals surface area contributed by atoms with Crippen LogP contribution in [-0.2, 0) is 20.8 Å². The highest BCUT2D eigenvalue weighted by atomic mass is 16.6. The third kappa shape index (κ3) is 3.70. The van der Waals surface area contributed by atoms with E-state index in [9.17, 15) is 9.59 Å². The lowest BCUT2D eigenvalue weighted by Gasteiger charge is -2.42. The molecule has 0 amide bonds. The quantitative estimate of drug-likeness (QED) is 0.830. The molecule has 23 heavy (non-hydrogen) atoms. The Morgan fingerprint density at radius 1 is 1.43 bits per heavy atom. The van der Waals surface area contributed by atoms with Crippen LogP contribution in [0, 0.1) is 0 Å². The average molecular weight is 323 g/mol. The van der Waals surface area contributed by atoms with Gasteiger partial charge in [-0.3, -0.25) is 14.2 Å². The number of nitrogens with zero attached hydrogens (tertiary/aromatic N) is 2. The Hall–Kier alpha value is -1.93. The maximum atomic E-state index is 12.2. The van der Waals surface area contributed by atoms with Gasteiger partial charge in [-0.1, -0.05) is 0 Å². The maximum absolute atomic E-state index is 12.2. The molecule has 1 aromatic rings. The van der Waals surface area contributed by atoms with E-state index in [1.165, 1.54) is 12.4 Å². The normalized spacial score (nSPS) is 27.7. The zero-order valence-corrected chi connectivity index (χ0v) is 12.9. The van der Waals surface area contributed by atoms with Gasteiger partial charge in [-0.2, -0.15) is 0 Å². The number of hydrogen-bond donors (Lipinski definition) is 2. The van der Waals surface area contributed by atoms with Crippen molar-refractivity contribution in [1.82, 2.24) is 9.55 Å². The van der Waals surface area contributed by atoms with Crippen molar-refractivity contribution in [2.45, 2.75) is 43.9 Å². The minimum Gasteiger partial charge on any atom is -0.480 e. The molecule has 8 heteroatoms. The summed E-state index contributed by atoms with van der Waals surface area (Å²) >= 11 is 0. The predicted molar refractivity (Wildman–Crippen MR) is 81.5 cm³/mol. The van der Waals surface area contributed by atoms with E-state index in [-0.39, 0.29) is 24.0 Å². The Morgan fingerprint density at radius 3 is 2.87 bits per heavy atom. The second kappa shape index (κ2) is 6.67. The van der Waals surface area contributed by atoms with E-state index in [2.05, 4.69) is 10.3 Å². The minimum absolute atomic E-state index is 0.132. The first kappa shape index (κ1) is 15.9. The SMILES string of the molecule is O=C(O)Cn1ccnc(NC2CCC3(CC2)COCCO3)c1=O. The van der Waals surface area contributed by atoms with Crippen molar-refractivity contribution in [1.29, 1.82) is 0 Å². The first-order valence-corrected chi connectivity index (χ1v) is 7.83. The van der Waals surface area contributed by atoms with Gasteiger partial charge in [-0.05, 0) is 25.7 Å². The molecule has 2 heterocycles. The molecule has 0 radical (unpaired) electrons. The van der Waals surface area contributed by atoms with Crippen LogP contribution in [-0.4, -0.2) is 52.1 Å². The van der Waals surface area contributed by atoms with Crippen molar-refractivity contribution in [2.75, 3.05) is 25.1 Å². The first-order valence-electron chi connectivity index (χ1n) is 7.83. The van der Waals surface area contributed by atoms with E-state index in [1.54, 1.807) is 0 Å². The number of carbonyl (C=O) groups is 1. The number of carboxylic acids is 1. The molecule has 1 aromatic heterocycles. The second-order valence-corrected chi connectivity index (χ2v) is 6.11. The molecule has 1 saturated heterocycles. The van der Waals surface area contributed by atoms with Crippen LogP contribution in [0.5, 0.6) is 0 Å². The Kier molecular flexibility index (Phi) is 4.63. The summed E-state index contributed by atoms with van der Waals surface area (Å²) in [5.41, 5.74) is -0.586. The van der Waals surface area contributed by atoms with Gasteiger partial charge in [-0.15, -0.1) is 0 Å². The van der Waals surface area contributed by atoms with Crippen LogP contribution in [0.15, 0.2) is 17.2 Å². The van der Waals surface area contributed by atoms with E-state index in [4.69, 9.17) is 14.6 Å². The highest BCUT2D eigenvalue weighted by molar-refractivity contribution is 5.66. The number of anilines is 1. The van der Waals surface area contributed by atoms with Crippen molar-refractivity contribution < 1.29 is 19.4 Å². The van der Waals surface area contributed by atoms with Crippen LogP contribution >= 0.6 is 0 Å². The Morgan fingerprint density at radius 2 is 2.22 bits per heavy atom. The van der Waals surface area contributed by atoms with Gasteiger partial charge in [0.2, 0.25) is 0 Å². The topological polar surface area (TPSA) is 103 Å². The molecule has 0 unspecified atom stereocenters. The Labute approximate surface area is 133 Å². The fourth-order valence-corrected chi connectivity index (χ4v) is 3.20. The molecular formula is C15H21N3O5. The average Bonchev–Trinajstić information content (AvgIpc) is 2.54. The third-order valence-corrected chi connectivity index (χ3v) is 4.46. The highest BCUT2D eigenvalue weighted by Crippen LogP contribution is 2.34. The Balaban J connectivity index is 1.62. The van der Waals surface area contributed by atoms with Gasteiger partial charge in [0.25, 0.3) is 5.56 Å². The predicted octanol–water partition coefficient (Wildman–Crippen LogP) is 0.468. The smallest absolute Gasteiger partial charge is 0.323 e. The van der Waals surface area contributed by atoms with Crippen molar-refractivity contribution in [3.63, 3.8) is 0 Å². The van der Waals surface area contributed by atoms with Gasteiger partial charge in [0, 0.05) is 18.4 Å². The molecule has 1 saturated carbocycles. The standard InChI is InChI=1S/C15H21N3O5/c19-12(20)9-18-6-5-16-13(14(18)21)17-11-1-3-15(4-2-11)10-22-7-8-23-15/h5-6,11H,1-4,7-10H2,(H,16,17)(H,19,20). The van der Waals surface area contributed by atoms with E-state index in [1.807, 2.05) is 0 Å². The zero-order chi connectivity index (χ0) is 16.3. The summed E-state index contributed by atoms with van der Waals surface area (Å²) in [4.78, 5) is 27.0. The van der Waals surface area contributed by atoms with Crippen LogP contribution in [0.3, 0.4) is 0 Å². The molecule has 1 spiro atoms.